The molecule has 146 valence electrons. The van der Waals surface area contributed by atoms with Crippen molar-refractivity contribution in [3.05, 3.63) is 137 Å². The Morgan fingerprint density at radius 2 is 1.13 bits per heavy atom. The Labute approximate surface area is 177 Å². The van der Waals surface area contributed by atoms with E-state index in [1.807, 2.05) is 92.7 Å². The van der Waals surface area contributed by atoms with Crippen molar-refractivity contribution < 1.29 is 4.79 Å². The van der Waals surface area contributed by atoms with Crippen LogP contribution < -0.4 is 0 Å². The first-order valence-corrected chi connectivity index (χ1v) is 10.0. The first-order chi connectivity index (χ1) is 14.6. The van der Waals surface area contributed by atoms with E-state index in [1.165, 1.54) is 0 Å². The average molecular weight is 389 g/mol. The lowest BCUT2D eigenvalue weighted by Gasteiger charge is -2.10. The number of hydrogen-bond acceptors (Lipinski definition) is 2. The minimum Gasteiger partial charge on any atom is -0.289 e. The predicted octanol–water partition coefficient (Wildman–Crippen LogP) is 6.70. The molecule has 4 rings (SSSR count). The molecule has 4 aromatic carbocycles. The molecule has 0 aliphatic carbocycles. The topological polar surface area (TPSA) is 29.4 Å². The van der Waals surface area contributed by atoms with Crippen LogP contribution in [0.5, 0.6) is 0 Å². The lowest BCUT2D eigenvalue weighted by atomic mass is 9.95. The van der Waals surface area contributed by atoms with E-state index >= 15 is 0 Å². The Morgan fingerprint density at radius 1 is 0.600 bits per heavy atom. The summed E-state index contributed by atoms with van der Waals surface area (Å²) in [7, 11) is 0. The molecule has 0 saturated heterocycles. The largest absolute Gasteiger partial charge is 0.289 e. The van der Waals surface area contributed by atoms with Gasteiger partial charge in [0.25, 0.3) is 0 Å². The highest BCUT2D eigenvalue weighted by atomic mass is 16.1. The van der Waals surface area contributed by atoms with Gasteiger partial charge in [0.15, 0.2) is 5.78 Å². The molecule has 0 atom stereocenters. The molecule has 2 heteroatoms. The third-order valence-corrected chi connectivity index (χ3v) is 5.18. The van der Waals surface area contributed by atoms with Gasteiger partial charge in [-0.05, 0) is 43.2 Å². The zero-order valence-electron chi connectivity index (χ0n) is 17.2. The van der Waals surface area contributed by atoms with Gasteiger partial charge in [0.1, 0.15) is 0 Å². The molecule has 0 aliphatic heterocycles. The summed E-state index contributed by atoms with van der Waals surface area (Å²) in [5, 5.41) is 0. The minimum atomic E-state index is 0.0486. The maximum Gasteiger partial charge on any atom is 0.193 e. The molecular formula is C28H23NO. The van der Waals surface area contributed by atoms with Gasteiger partial charge in [0.2, 0.25) is 0 Å². The molecule has 0 amide bonds. The van der Waals surface area contributed by atoms with Gasteiger partial charge in [-0.1, -0.05) is 84.9 Å². The summed E-state index contributed by atoms with van der Waals surface area (Å²) < 4.78 is 0. The van der Waals surface area contributed by atoms with E-state index in [9.17, 15) is 4.79 Å². The van der Waals surface area contributed by atoms with Crippen molar-refractivity contribution in [3.8, 4) is 0 Å². The molecule has 0 aromatic heterocycles. The molecule has 0 spiro atoms. The third kappa shape index (κ3) is 4.13. The second-order valence-corrected chi connectivity index (χ2v) is 7.34. The normalized spacial score (nSPS) is 10.5. The van der Waals surface area contributed by atoms with E-state index in [2.05, 4.69) is 24.3 Å². The summed E-state index contributed by atoms with van der Waals surface area (Å²) in [5.74, 6) is 0.0486. The second kappa shape index (κ2) is 8.71. The van der Waals surface area contributed by atoms with Crippen molar-refractivity contribution in [2.75, 3.05) is 0 Å². The van der Waals surface area contributed by atoms with Crippen LogP contribution in [0.3, 0.4) is 0 Å². The Hall–Kier alpha value is -3.78. The summed E-state index contributed by atoms with van der Waals surface area (Å²) in [4.78, 5) is 18.0. The zero-order valence-corrected chi connectivity index (χ0v) is 17.2. The number of benzene rings is 4. The van der Waals surface area contributed by atoms with Gasteiger partial charge in [0, 0.05) is 22.3 Å². The first-order valence-electron chi connectivity index (χ1n) is 10.0. The smallest absolute Gasteiger partial charge is 0.193 e. The van der Waals surface area contributed by atoms with Crippen LogP contribution in [-0.4, -0.2) is 11.5 Å². The van der Waals surface area contributed by atoms with Gasteiger partial charge in [0.05, 0.1) is 11.4 Å². The summed E-state index contributed by atoms with van der Waals surface area (Å²) in [5.41, 5.74) is 7.22. The van der Waals surface area contributed by atoms with Crippen LogP contribution in [0.1, 0.15) is 38.2 Å². The highest BCUT2D eigenvalue weighted by Gasteiger charge is 2.14. The highest BCUT2D eigenvalue weighted by Crippen LogP contribution is 2.24. The fourth-order valence-corrected chi connectivity index (χ4v) is 3.56. The quantitative estimate of drug-likeness (QED) is 0.276. The van der Waals surface area contributed by atoms with Crippen LogP contribution in [0.2, 0.25) is 0 Å². The van der Waals surface area contributed by atoms with E-state index < -0.39 is 0 Å². The molecular weight excluding hydrogens is 366 g/mol. The van der Waals surface area contributed by atoms with E-state index in [4.69, 9.17) is 4.99 Å². The van der Waals surface area contributed by atoms with Crippen molar-refractivity contribution in [2.45, 2.75) is 13.8 Å². The van der Waals surface area contributed by atoms with Crippen LogP contribution in [-0.2, 0) is 0 Å². The molecule has 0 unspecified atom stereocenters. The van der Waals surface area contributed by atoms with E-state index in [0.717, 1.165) is 39.2 Å². The summed E-state index contributed by atoms with van der Waals surface area (Å²) in [6.07, 6.45) is 0. The predicted molar refractivity (Wildman–Crippen MR) is 124 cm³/mol. The monoisotopic (exact) mass is 389 g/mol. The highest BCUT2D eigenvalue weighted by molar-refractivity contribution is 6.14. The second-order valence-electron chi connectivity index (χ2n) is 7.34. The average Bonchev–Trinajstić information content (AvgIpc) is 2.79. The van der Waals surface area contributed by atoms with Crippen LogP contribution in [0.15, 0.2) is 108 Å². The summed E-state index contributed by atoms with van der Waals surface area (Å²) in [6, 6.07) is 33.8. The van der Waals surface area contributed by atoms with Gasteiger partial charge in [-0.3, -0.25) is 4.79 Å². The van der Waals surface area contributed by atoms with Gasteiger partial charge in [-0.2, -0.15) is 0 Å². The van der Waals surface area contributed by atoms with E-state index in [0.29, 0.717) is 5.56 Å². The first kappa shape index (κ1) is 19.5. The molecule has 0 N–H and O–H groups in total. The molecule has 0 aliphatic rings. The van der Waals surface area contributed by atoms with Crippen LogP contribution in [0.25, 0.3) is 0 Å². The maximum absolute atomic E-state index is 13.0. The Balaban J connectivity index is 1.75. The summed E-state index contributed by atoms with van der Waals surface area (Å²) >= 11 is 0. The maximum atomic E-state index is 13.0. The lowest BCUT2D eigenvalue weighted by molar-refractivity contribution is 0.103. The SMILES string of the molecule is Cc1ccccc1C(=O)c1ccc(N=C(c2ccccc2)c2ccccc2)cc1C. The van der Waals surface area contributed by atoms with Gasteiger partial charge in [-0.15, -0.1) is 0 Å². The van der Waals surface area contributed by atoms with Crippen molar-refractivity contribution in [1.29, 1.82) is 0 Å². The molecule has 30 heavy (non-hydrogen) atoms. The molecule has 2 nitrogen and oxygen atoms in total. The number of nitrogens with zero attached hydrogens (tertiary/aromatic N) is 1. The van der Waals surface area contributed by atoms with Crippen molar-refractivity contribution >= 4 is 17.2 Å². The number of ketones is 1. The number of carbonyl (C=O) groups is 1. The van der Waals surface area contributed by atoms with Gasteiger partial charge >= 0.3 is 0 Å². The number of carbonyl (C=O) groups excluding carboxylic acids is 1. The number of aliphatic imine (C=N–C) groups is 1. The van der Waals surface area contributed by atoms with Crippen molar-refractivity contribution in [3.63, 3.8) is 0 Å². The molecule has 0 fully saturated rings. The zero-order chi connectivity index (χ0) is 20.9. The third-order valence-electron chi connectivity index (χ3n) is 5.18. The molecule has 0 radical (unpaired) electrons. The fraction of sp³-hybridized carbons (Fsp3) is 0.0714. The molecule has 0 bridgehead atoms. The van der Waals surface area contributed by atoms with E-state index in [-0.39, 0.29) is 5.78 Å². The van der Waals surface area contributed by atoms with Gasteiger partial charge in [-0.25, -0.2) is 4.99 Å². The fourth-order valence-electron chi connectivity index (χ4n) is 3.56. The van der Waals surface area contributed by atoms with Crippen LogP contribution in [0.4, 0.5) is 5.69 Å². The summed E-state index contributed by atoms with van der Waals surface area (Å²) in [6.45, 7) is 3.93. The Morgan fingerprint density at radius 3 is 1.70 bits per heavy atom. The van der Waals surface area contributed by atoms with Crippen molar-refractivity contribution in [2.24, 2.45) is 4.99 Å². The molecule has 0 saturated carbocycles. The Kier molecular flexibility index (Phi) is 5.67. The minimum absolute atomic E-state index is 0.0486. The van der Waals surface area contributed by atoms with Crippen LogP contribution in [0, 0.1) is 13.8 Å². The number of aryl methyl sites for hydroxylation is 2. The molecule has 4 aromatic rings. The standard InChI is InChI=1S/C28H23NO/c1-20-11-9-10-16-25(20)28(30)26-18-17-24(19-21(26)2)29-27(22-12-5-3-6-13-22)23-14-7-4-8-15-23/h3-19H,1-2H3. The van der Waals surface area contributed by atoms with Crippen LogP contribution >= 0.6 is 0 Å². The Bertz CT molecular complexity index is 1170. The van der Waals surface area contributed by atoms with Crippen molar-refractivity contribution in [1.82, 2.24) is 0 Å². The number of rotatable bonds is 5. The van der Waals surface area contributed by atoms with Gasteiger partial charge < -0.3 is 0 Å². The lowest BCUT2D eigenvalue weighted by Crippen LogP contribution is -2.06. The van der Waals surface area contributed by atoms with E-state index in [1.54, 1.807) is 0 Å². The number of hydrogen-bond donors (Lipinski definition) is 0. The molecule has 0 heterocycles.